The van der Waals surface area contributed by atoms with Gasteiger partial charge in [-0.1, -0.05) is 44.2 Å². The minimum Gasteiger partial charge on any atom is -0.387 e. The fourth-order valence-electron chi connectivity index (χ4n) is 1.85. The molecule has 90 valence electrons. The minimum atomic E-state index is -0.501. The highest BCUT2D eigenvalue weighted by atomic mass is 79.9. The molecule has 2 aromatic rings. The van der Waals surface area contributed by atoms with Gasteiger partial charge in [0.05, 0.1) is 6.10 Å². The molecule has 0 amide bonds. The number of aliphatic hydroxyl groups is 1. The van der Waals surface area contributed by atoms with Gasteiger partial charge in [-0.3, -0.25) is 0 Å². The predicted molar refractivity (Wildman–Crippen MR) is 76.4 cm³/mol. The van der Waals surface area contributed by atoms with Gasteiger partial charge >= 0.3 is 0 Å². The van der Waals surface area contributed by atoms with E-state index in [4.69, 9.17) is 0 Å². The van der Waals surface area contributed by atoms with E-state index in [1.165, 1.54) is 0 Å². The minimum absolute atomic E-state index is 0.297. The van der Waals surface area contributed by atoms with Crippen LogP contribution in [0.5, 0.6) is 0 Å². The third-order valence-corrected chi connectivity index (χ3v) is 5.02. The van der Waals surface area contributed by atoms with Gasteiger partial charge in [0.1, 0.15) is 0 Å². The molecule has 0 saturated carbocycles. The van der Waals surface area contributed by atoms with Crippen molar-refractivity contribution in [2.75, 3.05) is 0 Å². The van der Waals surface area contributed by atoms with Crippen molar-refractivity contribution in [1.82, 2.24) is 0 Å². The molecule has 1 atom stereocenters. The summed E-state index contributed by atoms with van der Waals surface area (Å²) in [4.78, 5) is 0.985. The van der Waals surface area contributed by atoms with Crippen LogP contribution in [0, 0.1) is 0 Å². The third-order valence-electron chi connectivity index (χ3n) is 3.09. The molecule has 17 heavy (non-hydrogen) atoms. The summed E-state index contributed by atoms with van der Waals surface area (Å²) >= 11 is 5.06. The molecule has 0 aliphatic rings. The maximum Gasteiger partial charge on any atom is 0.0984 e. The molecule has 0 saturated heterocycles. The molecular formula is C14H15BrOS. The molecule has 1 N–H and O–H groups in total. The lowest BCUT2D eigenvalue weighted by atomic mass is 9.79. The number of rotatable bonds is 3. The zero-order valence-electron chi connectivity index (χ0n) is 9.85. The molecule has 1 aromatic heterocycles. The van der Waals surface area contributed by atoms with Gasteiger partial charge in [-0.25, -0.2) is 0 Å². The molecule has 0 aliphatic heterocycles. The maximum atomic E-state index is 10.6. The van der Waals surface area contributed by atoms with Gasteiger partial charge in [0.25, 0.3) is 0 Å². The predicted octanol–water partition coefficient (Wildman–Crippen LogP) is 4.52. The average molecular weight is 311 g/mol. The lowest BCUT2D eigenvalue weighted by Gasteiger charge is -2.30. The van der Waals surface area contributed by atoms with Gasteiger partial charge in [0, 0.05) is 14.8 Å². The van der Waals surface area contributed by atoms with Gasteiger partial charge in [-0.05, 0) is 32.9 Å². The molecule has 0 radical (unpaired) electrons. The Hall–Kier alpha value is -0.640. The van der Waals surface area contributed by atoms with Gasteiger partial charge in [0.2, 0.25) is 0 Å². The van der Waals surface area contributed by atoms with E-state index in [9.17, 15) is 5.11 Å². The highest BCUT2D eigenvalue weighted by Crippen LogP contribution is 2.41. The number of benzene rings is 1. The van der Waals surface area contributed by atoms with Gasteiger partial charge < -0.3 is 5.11 Å². The Morgan fingerprint density at radius 3 is 2.35 bits per heavy atom. The molecule has 0 bridgehead atoms. The van der Waals surface area contributed by atoms with E-state index in [0.717, 1.165) is 14.9 Å². The van der Waals surface area contributed by atoms with Crippen LogP contribution in [0.2, 0.25) is 0 Å². The van der Waals surface area contributed by atoms with E-state index in [1.54, 1.807) is 11.3 Å². The summed E-state index contributed by atoms with van der Waals surface area (Å²) in [6.07, 6.45) is -0.501. The summed E-state index contributed by atoms with van der Waals surface area (Å²) in [5, 5.41) is 12.5. The van der Waals surface area contributed by atoms with Crippen molar-refractivity contribution in [2.24, 2.45) is 0 Å². The average Bonchev–Trinajstić information content (AvgIpc) is 2.75. The van der Waals surface area contributed by atoms with Crippen LogP contribution in [0.3, 0.4) is 0 Å². The number of halogens is 1. The van der Waals surface area contributed by atoms with Crippen molar-refractivity contribution in [3.05, 3.63) is 56.7 Å². The highest BCUT2D eigenvalue weighted by Gasteiger charge is 2.32. The van der Waals surface area contributed by atoms with Crippen LogP contribution in [0.4, 0.5) is 0 Å². The molecule has 1 heterocycles. The van der Waals surface area contributed by atoms with Crippen molar-refractivity contribution >= 4 is 27.3 Å². The first-order valence-electron chi connectivity index (χ1n) is 5.50. The second kappa shape index (κ2) is 4.92. The van der Waals surface area contributed by atoms with Crippen LogP contribution in [-0.2, 0) is 5.41 Å². The number of aliphatic hydroxyl groups excluding tert-OH is 1. The van der Waals surface area contributed by atoms with Gasteiger partial charge in [-0.2, -0.15) is 0 Å². The molecule has 1 nitrogen and oxygen atoms in total. The fourth-order valence-corrected chi connectivity index (χ4v) is 3.61. The van der Waals surface area contributed by atoms with Gasteiger partial charge in [-0.15, -0.1) is 11.3 Å². The van der Waals surface area contributed by atoms with Crippen LogP contribution in [0.15, 0.2) is 46.3 Å². The number of hydrogen-bond acceptors (Lipinski definition) is 2. The first kappa shape index (κ1) is 12.8. The van der Waals surface area contributed by atoms with E-state index < -0.39 is 6.10 Å². The number of thiophene rings is 1. The van der Waals surface area contributed by atoms with Crippen molar-refractivity contribution in [1.29, 1.82) is 0 Å². The van der Waals surface area contributed by atoms with Crippen LogP contribution in [0.1, 0.15) is 30.4 Å². The Morgan fingerprint density at radius 2 is 1.82 bits per heavy atom. The van der Waals surface area contributed by atoms with E-state index in [1.807, 2.05) is 29.6 Å². The lowest BCUT2D eigenvalue weighted by molar-refractivity contribution is 0.103. The summed E-state index contributed by atoms with van der Waals surface area (Å²) in [7, 11) is 0. The first-order valence-corrected chi connectivity index (χ1v) is 7.17. The molecule has 0 spiro atoms. The molecule has 0 fully saturated rings. The van der Waals surface area contributed by atoms with E-state index in [2.05, 4.69) is 41.9 Å². The highest BCUT2D eigenvalue weighted by molar-refractivity contribution is 9.10. The second-order valence-electron chi connectivity index (χ2n) is 4.62. The second-order valence-corrected chi connectivity index (χ2v) is 6.43. The summed E-state index contributed by atoms with van der Waals surface area (Å²) in [6.45, 7) is 4.14. The topological polar surface area (TPSA) is 20.2 Å². The van der Waals surface area contributed by atoms with Crippen LogP contribution < -0.4 is 0 Å². The number of hydrogen-bond donors (Lipinski definition) is 1. The Morgan fingerprint density at radius 1 is 1.18 bits per heavy atom. The van der Waals surface area contributed by atoms with Gasteiger partial charge in [0.15, 0.2) is 0 Å². The normalized spacial score (nSPS) is 13.6. The zero-order valence-corrected chi connectivity index (χ0v) is 12.3. The first-order chi connectivity index (χ1) is 8.03. The van der Waals surface area contributed by atoms with Crippen molar-refractivity contribution in [3.63, 3.8) is 0 Å². The molecule has 3 heteroatoms. The largest absolute Gasteiger partial charge is 0.387 e. The standard InChI is InChI=1S/C14H15BrOS/c1-14(2,10-6-4-3-5-7-10)13(16)12-11(15)8-9-17-12/h3-9,13,16H,1-2H3. The zero-order chi connectivity index (χ0) is 12.5. The van der Waals surface area contributed by atoms with Crippen molar-refractivity contribution < 1.29 is 5.11 Å². The molecule has 1 unspecified atom stereocenters. The van der Waals surface area contributed by atoms with Crippen molar-refractivity contribution in [2.45, 2.75) is 25.4 Å². The Labute approximate surface area is 114 Å². The van der Waals surface area contributed by atoms with Crippen LogP contribution >= 0.6 is 27.3 Å². The molecule has 2 rings (SSSR count). The summed E-state index contributed by atoms with van der Waals surface area (Å²) in [5.41, 5.74) is 0.849. The quantitative estimate of drug-likeness (QED) is 0.883. The van der Waals surface area contributed by atoms with Crippen LogP contribution in [-0.4, -0.2) is 5.11 Å². The van der Waals surface area contributed by atoms with E-state index >= 15 is 0 Å². The molecule has 1 aromatic carbocycles. The Balaban J connectivity index is 2.37. The summed E-state index contributed by atoms with van der Waals surface area (Å²) in [6, 6.07) is 12.1. The maximum absolute atomic E-state index is 10.6. The summed E-state index contributed by atoms with van der Waals surface area (Å²) in [5.74, 6) is 0. The smallest absolute Gasteiger partial charge is 0.0984 e. The summed E-state index contributed by atoms with van der Waals surface area (Å²) < 4.78 is 0.985. The molecule has 0 aliphatic carbocycles. The monoisotopic (exact) mass is 310 g/mol. The fraction of sp³-hybridized carbons (Fsp3) is 0.286. The third kappa shape index (κ3) is 2.46. The van der Waals surface area contributed by atoms with E-state index in [0.29, 0.717) is 0 Å². The Bertz CT molecular complexity index is 490. The van der Waals surface area contributed by atoms with Crippen molar-refractivity contribution in [3.8, 4) is 0 Å². The lowest BCUT2D eigenvalue weighted by Crippen LogP contribution is -2.26. The Kier molecular flexibility index (Phi) is 3.71. The SMILES string of the molecule is CC(C)(c1ccccc1)C(O)c1sccc1Br. The van der Waals surface area contributed by atoms with Crippen LogP contribution in [0.25, 0.3) is 0 Å². The van der Waals surface area contributed by atoms with E-state index in [-0.39, 0.29) is 5.41 Å². The molecular weight excluding hydrogens is 296 g/mol.